The Balaban J connectivity index is 1.68. The van der Waals surface area contributed by atoms with Crippen LogP contribution in [0.15, 0.2) is 48.5 Å². The van der Waals surface area contributed by atoms with Crippen molar-refractivity contribution in [3.63, 3.8) is 0 Å². The molecule has 0 atom stereocenters. The van der Waals surface area contributed by atoms with Gasteiger partial charge in [0.25, 0.3) is 11.4 Å². The van der Waals surface area contributed by atoms with Gasteiger partial charge in [-0.3, -0.25) is 20.2 Å². The SMILES string of the molecule is O=[N+]([O-])c1cccc(OCCCCOc2cccc([N+](=O)[O-])c2)c1. The predicted molar refractivity (Wildman–Crippen MR) is 86.4 cm³/mol. The smallest absolute Gasteiger partial charge is 0.273 e. The summed E-state index contributed by atoms with van der Waals surface area (Å²) >= 11 is 0. The van der Waals surface area contributed by atoms with Gasteiger partial charge < -0.3 is 9.47 Å². The first kappa shape index (κ1) is 17.2. The highest BCUT2D eigenvalue weighted by Gasteiger charge is 2.07. The van der Waals surface area contributed by atoms with Crippen molar-refractivity contribution in [3.05, 3.63) is 68.8 Å². The lowest BCUT2D eigenvalue weighted by Crippen LogP contribution is -2.03. The van der Waals surface area contributed by atoms with Gasteiger partial charge in [0.2, 0.25) is 0 Å². The molecule has 8 nitrogen and oxygen atoms in total. The van der Waals surface area contributed by atoms with Crippen LogP contribution in [0.1, 0.15) is 12.8 Å². The van der Waals surface area contributed by atoms with E-state index in [0.29, 0.717) is 37.6 Å². The fourth-order valence-corrected chi connectivity index (χ4v) is 1.96. The quantitative estimate of drug-likeness (QED) is 0.393. The van der Waals surface area contributed by atoms with Gasteiger partial charge in [0.15, 0.2) is 0 Å². The molecule has 0 bridgehead atoms. The molecule has 0 aliphatic heterocycles. The third-order valence-electron chi connectivity index (χ3n) is 3.13. The predicted octanol–water partition coefficient (Wildman–Crippen LogP) is 3.74. The molecule has 0 saturated carbocycles. The van der Waals surface area contributed by atoms with E-state index in [-0.39, 0.29) is 11.4 Å². The van der Waals surface area contributed by atoms with Crippen LogP contribution < -0.4 is 9.47 Å². The maximum atomic E-state index is 10.7. The molecule has 0 aliphatic rings. The number of non-ortho nitro benzene ring substituents is 2. The van der Waals surface area contributed by atoms with Crippen LogP contribution in [-0.2, 0) is 0 Å². The van der Waals surface area contributed by atoms with Gasteiger partial charge in [-0.25, -0.2) is 0 Å². The van der Waals surface area contributed by atoms with Crippen molar-refractivity contribution >= 4 is 11.4 Å². The van der Waals surface area contributed by atoms with E-state index in [4.69, 9.17) is 9.47 Å². The zero-order valence-electron chi connectivity index (χ0n) is 12.8. The summed E-state index contributed by atoms with van der Waals surface area (Å²) in [5.41, 5.74) is -0.0250. The van der Waals surface area contributed by atoms with E-state index >= 15 is 0 Å². The molecule has 0 heterocycles. The molecule has 0 unspecified atom stereocenters. The summed E-state index contributed by atoms with van der Waals surface area (Å²) in [6, 6.07) is 12.0. The Morgan fingerprint density at radius 2 is 1.17 bits per heavy atom. The average molecular weight is 332 g/mol. The lowest BCUT2D eigenvalue weighted by atomic mass is 10.3. The zero-order valence-corrected chi connectivity index (χ0v) is 12.8. The van der Waals surface area contributed by atoms with Gasteiger partial charge in [-0.05, 0) is 25.0 Å². The first-order valence-electron chi connectivity index (χ1n) is 7.31. The van der Waals surface area contributed by atoms with Crippen molar-refractivity contribution in [3.8, 4) is 11.5 Å². The number of benzene rings is 2. The third kappa shape index (κ3) is 5.24. The Morgan fingerprint density at radius 3 is 1.54 bits per heavy atom. The molecule has 0 aromatic heterocycles. The highest BCUT2D eigenvalue weighted by Crippen LogP contribution is 2.20. The Kier molecular flexibility index (Phi) is 6.07. The van der Waals surface area contributed by atoms with E-state index in [0.717, 1.165) is 0 Å². The fraction of sp³-hybridized carbons (Fsp3) is 0.250. The highest BCUT2D eigenvalue weighted by molar-refractivity contribution is 5.38. The Bertz CT molecular complexity index is 658. The largest absolute Gasteiger partial charge is 0.493 e. The third-order valence-corrected chi connectivity index (χ3v) is 3.13. The standard InChI is InChI=1S/C16H16N2O6/c19-17(20)13-5-3-7-15(11-13)23-9-1-2-10-24-16-8-4-6-14(12-16)18(21)22/h3-8,11-12H,1-2,9-10H2. The number of hydrogen-bond donors (Lipinski definition) is 0. The molecule has 0 saturated heterocycles. The molecular formula is C16H16N2O6. The Labute approximate surface area is 137 Å². The van der Waals surface area contributed by atoms with Gasteiger partial charge in [-0.1, -0.05) is 12.1 Å². The average Bonchev–Trinajstić information content (AvgIpc) is 2.58. The summed E-state index contributed by atoms with van der Waals surface area (Å²) in [4.78, 5) is 20.4. The van der Waals surface area contributed by atoms with E-state index in [9.17, 15) is 20.2 Å². The van der Waals surface area contributed by atoms with Gasteiger partial charge in [-0.2, -0.15) is 0 Å². The minimum Gasteiger partial charge on any atom is -0.493 e. The first-order valence-corrected chi connectivity index (χ1v) is 7.31. The molecule has 2 aromatic rings. The van der Waals surface area contributed by atoms with Crippen LogP contribution >= 0.6 is 0 Å². The van der Waals surface area contributed by atoms with Crippen LogP contribution in [0.3, 0.4) is 0 Å². The maximum Gasteiger partial charge on any atom is 0.273 e. The van der Waals surface area contributed by atoms with E-state index in [1.54, 1.807) is 24.3 Å². The molecule has 0 fully saturated rings. The minimum absolute atomic E-state index is 0.0125. The lowest BCUT2D eigenvalue weighted by molar-refractivity contribution is -0.385. The van der Waals surface area contributed by atoms with Crippen LogP contribution in [0, 0.1) is 20.2 Å². The molecule has 24 heavy (non-hydrogen) atoms. The summed E-state index contributed by atoms with van der Waals surface area (Å²) in [6.45, 7) is 0.804. The molecule has 0 radical (unpaired) electrons. The lowest BCUT2D eigenvalue weighted by Gasteiger charge is -2.07. The van der Waals surface area contributed by atoms with Gasteiger partial charge in [0.1, 0.15) is 11.5 Å². The van der Waals surface area contributed by atoms with Crippen molar-refractivity contribution < 1.29 is 19.3 Å². The van der Waals surface area contributed by atoms with Crippen molar-refractivity contribution in [1.29, 1.82) is 0 Å². The summed E-state index contributed by atoms with van der Waals surface area (Å²) in [7, 11) is 0. The van der Waals surface area contributed by atoms with Gasteiger partial charge in [0, 0.05) is 12.1 Å². The Morgan fingerprint density at radius 1 is 0.750 bits per heavy atom. The number of nitrogens with zero attached hydrogens (tertiary/aromatic N) is 2. The molecule has 2 aromatic carbocycles. The van der Waals surface area contributed by atoms with Crippen molar-refractivity contribution in [2.24, 2.45) is 0 Å². The van der Waals surface area contributed by atoms with E-state index in [2.05, 4.69) is 0 Å². The number of nitro groups is 2. The van der Waals surface area contributed by atoms with Gasteiger partial charge in [-0.15, -0.1) is 0 Å². The van der Waals surface area contributed by atoms with Crippen molar-refractivity contribution in [2.75, 3.05) is 13.2 Å². The molecular weight excluding hydrogens is 316 g/mol. The molecule has 0 aliphatic carbocycles. The topological polar surface area (TPSA) is 105 Å². The summed E-state index contributed by atoms with van der Waals surface area (Å²) in [5, 5.41) is 21.3. The second kappa shape index (κ2) is 8.47. The van der Waals surface area contributed by atoms with Crippen LogP contribution in [-0.4, -0.2) is 23.1 Å². The molecule has 0 amide bonds. The molecule has 2 rings (SSSR count). The minimum atomic E-state index is -0.472. The zero-order chi connectivity index (χ0) is 17.4. The van der Waals surface area contributed by atoms with Crippen LogP contribution in [0.2, 0.25) is 0 Å². The van der Waals surface area contributed by atoms with E-state index < -0.39 is 9.85 Å². The molecule has 0 spiro atoms. The van der Waals surface area contributed by atoms with Gasteiger partial charge in [0.05, 0.1) is 35.2 Å². The number of rotatable bonds is 9. The second-order valence-corrected chi connectivity index (χ2v) is 4.91. The van der Waals surface area contributed by atoms with Gasteiger partial charge >= 0.3 is 0 Å². The van der Waals surface area contributed by atoms with E-state index in [1.165, 1.54) is 24.3 Å². The van der Waals surface area contributed by atoms with Crippen LogP contribution in [0.4, 0.5) is 11.4 Å². The van der Waals surface area contributed by atoms with Crippen molar-refractivity contribution in [1.82, 2.24) is 0 Å². The summed E-state index contributed by atoms with van der Waals surface area (Å²) in [5.74, 6) is 0.896. The summed E-state index contributed by atoms with van der Waals surface area (Å²) in [6.07, 6.45) is 1.38. The van der Waals surface area contributed by atoms with E-state index in [1.807, 2.05) is 0 Å². The number of nitro benzene ring substituents is 2. The highest BCUT2D eigenvalue weighted by atomic mass is 16.6. The first-order chi connectivity index (χ1) is 11.6. The maximum absolute atomic E-state index is 10.7. The number of ether oxygens (including phenoxy) is 2. The monoisotopic (exact) mass is 332 g/mol. The Hall–Kier alpha value is -3.16. The second-order valence-electron chi connectivity index (χ2n) is 4.91. The molecule has 8 heteroatoms. The summed E-state index contributed by atoms with van der Waals surface area (Å²) < 4.78 is 10.9. The van der Waals surface area contributed by atoms with Crippen LogP contribution in [0.25, 0.3) is 0 Å². The number of unbranched alkanes of at least 4 members (excludes halogenated alkanes) is 1. The normalized spacial score (nSPS) is 10.2. The number of hydrogen-bond acceptors (Lipinski definition) is 6. The van der Waals surface area contributed by atoms with Crippen LogP contribution in [0.5, 0.6) is 11.5 Å². The molecule has 0 N–H and O–H groups in total. The molecule has 126 valence electrons. The van der Waals surface area contributed by atoms with Crippen molar-refractivity contribution in [2.45, 2.75) is 12.8 Å². The fourth-order valence-electron chi connectivity index (χ4n) is 1.96.